The van der Waals surface area contributed by atoms with E-state index in [0.29, 0.717) is 15.8 Å². The number of anilines is 1. The van der Waals surface area contributed by atoms with Gasteiger partial charge in [-0.25, -0.2) is 8.42 Å². The van der Waals surface area contributed by atoms with Crippen LogP contribution in [-0.2, 0) is 14.8 Å². The van der Waals surface area contributed by atoms with Crippen LogP contribution >= 0.6 is 11.3 Å². The van der Waals surface area contributed by atoms with Gasteiger partial charge in [0.05, 0.1) is 0 Å². The molecule has 1 saturated heterocycles. The van der Waals surface area contributed by atoms with E-state index in [1.807, 2.05) is 37.3 Å². The summed E-state index contributed by atoms with van der Waals surface area (Å²) in [4.78, 5) is 13.0. The average molecular weight is 419 g/mol. The van der Waals surface area contributed by atoms with Crippen LogP contribution in [0.15, 0.2) is 52.1 Å². The van der Waals surface area contributed by atoms with E-state index >= 15 is 0 Å². The number of sulfonamides is 1. The molecule has 1 aliphatic carbocycles. The van der Waals surface area contributed by atoms with E-state index < -0.39 is 16.1 Å². The van der Waals surface area contributed by atoms with Gasteiger partial charge in [-0.05, 0) is 48.3 Å². The van der Waals surface area contributed by atoms with Crippen molar-refractivity contribution in [1.29, 1.82) is 0 Å². The molecule has 2 aliphatic rings. The van der Waals surface area contributed by atoms with Crippen molar-refractivity contribution in [1.82, 2.24) is 4.31 Å². The molecule has 1 saturated carbocycles. The zero-order valence-electron chi connectivity index (χ0n) is 16.0. The van der Waals surface area contributed by atoms with Gasteiger partial charge >= 0.3 is 0 Å². The minimum Gasteiger partial charge on any atom is -0.325 e. The molecule has 7 heteroatoms. The van der Waals surface area contributed by atoms with Gasteiger partial charge in [-0.15, -0.1) is 11.3 Å². The van der Waals surface area contributed by atoms with Crippen molar-refractivity contribution in [2.75, 3.05) is 5.32 Å². The molecule has 3 atom stereocenters. The number of hydrogen-bond donors (Lipinski definition) is 1. The maximum absolute atomic E-state index is 13.4. The summed E-state index contributed by atoms with van der Waals surface area (Å²) in [5, 5.41) is 4.67. The summed E-state index contributed by atoms with van der Waals surface area (Å²) in [6, 6.07) is 11.8. The van der Waals surface area contributed by atoms with Crippen LogP contribution in [0.1, 0.15) is 39.0 Å². The zero-order chi connectivity index (χ0) is 19.7. The summed E-state index contributed by atoms with van der Waals surface area (Å²) in [5.74, 6) is 0.0895. The fourth-order valence-electron chi connectivity index (χ4n) is 4.76. The zero-order valence-corrected chi connectivity index (χ0v) is 17.6. The fourth-order valence-corrected chi connectivity index (χ4v) is 7.85. The molecule has 1 amide bonds. The lowest BCUT2D eigenvalue weighted by atomic mass is 9.71. The summed E-state index contributed by atoms with van der Waals surface area (Å²) in [6.45, 7) is 2.02. The van der Waals surface area contributed by atoms with Crippen molar-refractivity contribution in [2.45, 2.75) is 55.3 Å². The molecule has 0 unspecified atom stereocenters. The topological polar surface area (TPSA) is 66.5 Å². The van der Waals surface area contributed by atoms with E-state index in [1.165, 1.54) is 22.1 Å². The van der Waals surface area contributed by atoms with Gasteiger partial charge in [-0.1, -0.05) is 50.5 Å². The molecule has 2 aromatic rings. The number of carbonyl (C=O) groups excluding carboxylic acids is 1. The van der Waals surface area contributed by atoms with Gasteiger partial charge in [0.15, 0.2) is 0 Å². The molecule has 28 heavy (non-hydrogen) atoms. The maximum Gasteiger partial charge on any atom is 0.253 e. The SMILES string of the molecule is C[C@@H]1[C@H](C(=O)Nc2ccccc2)N(S(=O)(=O)c2cccs2)[C@H]1C1CCCCC1. The van der Waals surface area contributed by atoms with E-state index in [-0.39, 0.29) is 17.9 Å². The van der Waals surface area contributed by atoms with Crippen LogP contribution in [0, 0.1) is 11.8 Å². The Balaban J connectivity index is 1.64. The van der Waals surface area contributed by atoms with Crippen LogP contribution < -0.4 is 5.32 Å². The number of benzene rings is 1. The third-order valence-corrected chi connectivity index (χ3v) is 9.33. The van der Waals surface area contributed by atoms with E-state index in [0.717, 1.165) is 25.7 Å². The molecule has 5 nitrogen and oxygen atoms in total. The Morgan fingerprint density at radius 1 is 1.07 bits per heavy atom. The largest absolute Gasteiger partial charge is 0.325 e. The highest BCUT2D eigenvalue weighted by molar-refractivity contribution is 7.91. The molecule has 4 rings (SSSR count). The first-order chi connectivity index (χ1) is 13.5. The van der Waals surface area contributed by atoms with Crippen molar-refractivity contribution in [3.05, 3.63) is 47.8 Å². The highest BCUT2D eigenvalue weighted by atomic mass is 32.2. The number of nitrogens with one attached hydrogen (secondary N) is 1. The number of thiophene rings is 1. The second kappa shape index (κ2) is 7.97. The number of para-hydroxylation sites is 1. The third-order valence-electron chi connectivity index (χ3n) is 6.07. The average Bonchev–Trinajstić information content (AvgIpc) is 3.23. The third kappa shape index (κ3) is 3.51. The first kappa shape index (κ1) is 19.6. The van der Waals surface area contributed by atoms with Gasteiger partial charge in [0.25, 0.3) is 10.0 Å². The summed E-state index contributed by atoms with van der Waals surface area (Å²) >= 11 is 1.21. The van der Waals surface area contributed by atoms with Gasteiger partial charge in [0.1, 0.15) is 10.3 Å². The second-order valence-electron chi connectivity index (χ2n) is 7.81. The van der Waals surface area contributed by atoms with E-state index in [2.05, 4.69) is 5.32 Å². The van der Waals surface area contributed by atoms with Gasteiger partial charge in [-0.2, -0.15) is 4.31 Å². The summed E-state index contributed by atoms with van der Waals surface area (Å²) in [6.07, 6.45) is 5.58. The van der Waals surface area contributed by atoms with Crippen LogP contribution in [0.5, 0.6) is 0 Å². The van der Waals surface area contributed by atoms with Crippen LogP contribution in [0.4, 0.5) is 5.69 Å². The van der Waals surface area contributed by atoms with Crippen molar-refractivity contribution >= 4 is 33.0 Å². The minimum absolute atomic E-state index is 0.00143. The lowest BCUT2D eigenvalue weighted by Crippen LogP contribution is -2.70. The first-order valence-corrected chi connectivity index (χ1v) is 12.2. The quantitative estimate of drug-likeness (QED) is 0.785. The van der Waals surface area contributed by atoms with Crippen molar-refractivity contribution < 1.29 is 13.2 Å². The van der Waals surface area contributed by atoms with Gasteiger partial charge < -0.3 is 5.32 Å². The van der Waals surface area contributed by atoms with Crippen molar-refractivity contribution in [3.8, 4) is 0 Å². The normalized spacial score (nSPS) is 26.5. The Hall–Kier alpha value is -1.70. The summed E-state index contributed by atoms with van der Waals surface area (Å²) < 4.78 is 28.6. The highest BCUT2D eigenvalue weighted by Crippen LogP contribution is 2.46. The Kier molecular flexibility index (Phi) is 5.58. The van der Waals surface area contributed by atoms with Crippen LogP contribution in [0.2, 0.25) is 0 Å². The van der Waals surface area contributed by atoms with Crippen molar-refractivity contribution in [2.24, 2.45) is 11.8 Å². The Morgan fingerprint density at radius 2 is 1.79 bits per heavy atom. The fraction of sp³-hybridized carbons (Fsp3) is 0.476. The standard InChI is InChI=1S/C21H26N2O3S2/c1-15-19(16-9-4-2-5-10-16)23(28(25,26)18-13-8-14-27-18)20(15)21(24)22-17-11-6-3-7-12-17/h3,6-8,11-16,19-20H,2,4-5,9-10H2,1H3,(H,22,24)/t15-,19+,20+/m0/s1. The summed E-state index contributed by atoms with van der Waals surface area (Å²) in [7, 11) is -3.69. The van der Waals surface area contributed by atoms with E-state index in [4.69, 9.17) is 0 Å². The lowest BCUT2D eigenvalue weighted by Gasteiger charge is -2.55. The molecule has 0 bridgehead atoms. The van der Waals surface area contributed by atoms with E-state index in [9.17, 15) is 13.2 Å². The van der Waals surface area contributed by atoms with E-state index in [1.54, 1.807) is 17.5 Å². The van der Waals surface area contributed by atoms with Crippen molar-refractivity contribution in [3.63, 3.8) is 0 Å². The first-order valence-electron chi connectivity index (χ1n) is 9.93. The highest BCUT2D eigenvalue weighted by Gasteiger charge is 2.58. The molecule has 1 aliphatic heterocycles. The van der Waals surface area contributed by atoms with Gasteiger partial charge in [0, 0.05) is 11.7 Å². The number of carbonyl (C=O) groups is 1. The molecule has 1 aromatic heterocycles. The number of amides is 1. The Labute approximate surface area is 170 Å². The molecule has 0 spiro atoms. The molecule has 0 radical (unpaired) electrons. The second-order valence-corrected chi connectivity index (χ2v) is 10.8. The van der Waals surface area contributed by atoms with Gasteiger partial charge in [0.2, 0.25) is 5.91 Å². The molecule has 1 aromatic carbocycles. The molecular weight excluding hydrogens is 392 g/mol. The minimum atomic E-state index is -3.69. The smallest absolute Gasteiger partial charge is 0.253 e. The molecule has 2 heterocycles. The number of hydrogen-bond acceptors (Lipinski definition) is 4. The predicted octanol–water partition coefficient (Wildman–Crippen LogP) is 4.34. The van der Waals surface area contributed by atoms with Gasteiger partial charge in [-0.3, -0.25) is 4.79 Å². The summed E-state index contributed by atoms with van der Waals surface area (Å²) in [5.41, 5.74) is 0.689. The van der Waals surface area contributed by atoms with Crippen LogP contribution in [0.3, 0.4) is 0 Å². The number of nitrogens with zero attached hydrogens (tertiary/aromatic N) is 1. The molecule has 1 N–H and O–H groups in total. The molecule has 2 fully saturated rings. The monoisotopic (exact) mass is 418 g/mol. The Bertz CT molecular complexity index is 906. The van der Waals surface area contributed by atoms with Crippen LogP contribution in [0.25, 0.3) is 0 Å². The lowest BCUT2D eigenvalue weighted by molar-refractivity contribution is -0.131. The Morgan fingerprint density at radius 3 is 2.43 bits per heavy atom. The molecule has 150 valence electrons. The number of rotatable bonds is 5. The maximum atomic E-state index is 13.4. The predicted molar refractivity (Wildman–Crippen MR) is 112 cm³/mol. The molecular formula is C21H26N2O3S2. The van der Waals surface area contributed by atoms with Crippen LogP contribution in [-0.4, -0.2) is 30.7 Å².